The second-order valence-corrected chi connectivity index (χ2v) is 9.40. The van der Waals surface area contributed by atoms with Crippen LogP contribution in [0.5, 0.6) is 0 Å². The number of carboxylic acids is 1. The van der Waals surface area contributed by atoms with Crippen LogP contribution < -0.4 is 4.72 Å². The first-order valence-corrected chi connectivity index (χ1v) is 11.3. The fraction of sp³-hybridized carbons (Fsp3) is 0.286. The number of aromatic nitrogens is 1. The molecule has 1 heterocycles. The number of nitrogens with zero attached hydrogens (tertiary/aromatic N) is 1. The highest BCUT2D eigenvalue weighted by Crippen LogP contribution is 2.33. The molecule has 4 rings (SSSR count). The van der Waals surface area contributed by atoms with E-state index in [1.807, 2.05) is 24.3 Å². The van der Waals surface area contributed by atoms with Gasteiger partial charge >= 0.3 is 5.97 Å². The summed E-state index contributed by atoms with van der Waals surface area (Å²) < 4.78 is 30.4. The van der Waals surface area contributed by atoms with Gasteiger partial charge in [-0.3, -0.25) is 4.79 Å². The summed E-state index contributed by atoms with van der Waals surface area (Å²) in [5.74, 6) is -0.832. The molecule has 1 aliphatic rings. The molecule has 8 heteroatoms. The summed E-state index contributed by atoms with van der Waals surface area (Å²) in [6.45, 7) is 0.409. The van der Waals surface area contributed by atoms with E-state index < -0.39 is 16.0 Å². The number of fused-ring (bicyclic) bond motifs is 3. The summed E-state index contributed by atoms with van der Waals surface area (Å²) >= 11 is 5.86. The molecule has 6 nitrogen and oxygen atoms in total. The molecule has 1 aromatic heterocycles. The van der Waals surface area contributed by atoms with Crippen LogP contribution in [-0.2, 0) is 34.2 Å². The van der Waals surface area contributed by atoms with Crippen LogP contribution in [0.3, 0.4) is 0 Å². The van der Waals surface area contributed by atoms with Gasteiger partial charge in [0.1, 0.15) is 0 Å². The summed E-state index contributed by atoms with van der Waals surface area (Å²) in [6, 6.07) is 13.8. The number of hydrogen-bond acceptors (Lipinski definition) is 3. The molecule has 0 fully saturated rings. The van der Waals surface area contributed by atoms with E-state index in [1.165, 1.54) is 12.1 Å². The van der Waals surface area contributed by atoms with Crippen LogP contribution in [0, 0.1) is 0 Å². The van der Waals surface area contributed by atoms with Crippen molar-refractivity contribution in [1.29, 1.82) is 0 Å². The van der Waals surface area contributed by atoms with Crippen LogP contribution in [0.2, 0.25) is 5.02 Å². The van der Waals surface area contributed by atoms with Gasteiger partial charge in [0.2, 0.25) is 10.0 Å². The van der Waals surface area contributed by atoms with Crippen LogP contribution in [0.25, 0.3) is 10.9 Å². The molecule has 152 valence electrons. The molecule has 1 unspecified atom stereocenters. The zero-order valence-corrected chi connectivity index (χ0v) is 17.2. The number of carboxylic acid groups (broad SMARTS) is 1. The molecule has 1 aliphatic carbocycles. The SMILES string of the molecule is O=C(O)CCn1c2c(c3ccccc31)CC(NS(=O)(=O)c1ccc(Cl)cc1)CC2. The van der Waals surface area contributed by atoms with Gasteiger partial charge in [-0.1, -0.05) is 29.8 Å². The Labute approximate surface area is 174 Å². The van der Waals surface area contributed by atoms with Crippen LogP contribution in [0.1, 0.15) is 24.1 Å². The van der Waals surface area contributed by atoms with Gasteiger partial charge in [-0.05, 0) is 55.2 Å². The van der Waals surface area contributed by atoms with Crippen molar-refractivity contribution < 1.29 is 18.3 Å². The van der Waals surface area contributed by atoms with Crippen molar-refractivity contribution in [2.75, 3.05) is 0 Å². The van der Waals surface area contributed by atoms with Crippen molar-refractivity contribution in [3.05, 3.63) is 64.8 Å². The molecule has 2 aromatic carbocycles. The van der Waals surface area contributed by atoms with Crippen LogP contribution >= 0.6 is 11.6 Å². The Balaban J connectivity index is 1.62. The Morgan fingerprint density at radius 2 is 1.90 bits per heavy atom. The van der Waals surface area contributed by atoms with Crippen LogP contribution in [0.4, 0.5) is 0 Å². The van der Waals surface area contributed by atoms with Gasteiger partial charge in [-0.25, -0.2) is 13.1 Å². The van der Waals surface area contributed by atoms with Crippen molar-refractivity contribution in [2.24, 2.45) is 0 Å². The molecule has 0 saturated heterocycles. The number of aliphatic carboxylic acids is 1. The Hall–Kier alpha value is -2.35. The number of carbonyl (C=O) groups is 1. The number of rotatable bonds is 6. The van der Waals surface area contributed by atoms with Crippen molar-refractivity contribution >= 4 is 38.5 Å². The summed E-state index contributed by atoms with van der Waals surface area (Å²) in [5, 5.41) is 10.6. The van der Waals surface area contributed by atoms with Crippen LogP contribution in [0.15, 0.2) is 53.4 Å². The van der Waals surface area contributed by atoms with E-state index in [4.69, 9.17) is 16.7 Å². The monoisotopic (exact) mass is 432 g/mol. The molecule has 1 atom stereocenters. The third kappa shape index (κ3) is 4.03. The standard InChI is InChI=1S/C21H21ClN2O4S/c22-14-5-8-16(9-6-14)29(27,28)23-15-7-10-20-18(13-15)17-3-1-2-4-19(17)24(20)12-11-21(25)26/h1-6,8-9,15,23H,7,10-13H2,(H,25,26). The predicted molar refractivity (Wildman–Crippen MR) is 112 cm³/mol. The molecule has 2 N–H and O–H groups in total. The first-order chi connectivity index (χ1) is 13.8. The third-order valence-corrected chi connectivity index (χ3v) is 7.16. The zero-order chi connectivity index (χ0) is 20.6. The van der Waals surface area contributed by atoms with E-state index in [0.29, 0.717) is 30.8 Å². The number of aryl methyl sites for hydroxylation is 1. The Morgan fingerprint density at radius 1 is 1.17 bits per heavy atom. The topological polar surface area (TPSA) is 88.4 Å². The Morgan fingerprint density at radius 3 is 2.62 bits per heavy atom. The fourth-order valence-corrected chi connectivity index (χ4v) is 5.46. The summed E-state index contributed by atoms with van der Waals surface area (Å²) in [6.07, 6.45) is 1.97. The number of para-hydroxylation sites is 1. The lowest BCUT2D eigenvalue weighted by atomic mass is 9.92. The molecular formula is C21H21ClN2O4S. The third-order valence-electron chi connectivity index (χ3n) is 5.37. The molecule has 0 aliphatic heterocycles. The number of sulfonamides is 1. The second-order valence-electron chi connectivity index (χ2n) is 7.25. The average Bonchev–Trinajstić information content (AvgIpc) is 2.99. The molecular weight excluding hydrogens is 412 g/mol. The number of hydrogen-bond donors (Lipinski definition) is 2. The normalized spacial score (nSPS) is 16.7. The van der Waals surface area contributed by atoms with Crippen molar-refractivity contribution in [3.63, 3.8) is 0 Å². The summed E-state index contributed by atoms with van der Waals surface area (Å²) in [4.78, 5) is 11.3. The van der Waals surface area contributed by atoms with Gasteiger partial charge in [0.15, 0.2) is 0 Å². The molecule has 0 spiro atoms. The first-order valence-electron chi connectivity index (χ1n) is 9.44. The van der Waals surface area contributed by atoms with Crippen molar-refractivity contribution in [2.45, 2.75) is 43.2 Å². The minimum absolute atomic E-state index is 0.0533. The maximum absolute atomic E-state index is 12.7. The highest BCUT2D eigenvalue weighted by Gasteiger charge is 2.28. The summed E-state index contributed by atoms with van der Waals surface area (Å²) in [7, 11) is -3.64. The largest absolute Gasteiger partial charge is 0.481 e. The molecule has 0 radical (unpaired) electrons. The maximum Gasteiger partial charge on any atom is 0.305 e. The smallest absolute Gasteiger partial charge is 0.305 e. The minimum atomic E-state index is -3.64. The first kappa shape index (κ1) is 19.9. The van der Waals surface area contributed by atoms with E-state index in [9.17, 15) is 13.2 Å². The molecule has 3 aromatic rings. The lowest BCUT2D eigenvalue weighted by Gasteiger charge is -2.25. The zero-order valence-electron chi connectivity index (χ0n) is 15.6. The van der Waals surface area contributed by atoms with Gasteiger partial charge < -0.3 is 9.67 Å². The Kier molecular flexibility index (Phi) is 5.38. The quantitative estimate of drug-likeness (QED) is 0.622. The van der Waals surface area contributed by atoms with Crippen molar-refractivity contribution in [3.8, 4) is 0 Å². The maximum atomic E-state index is 12.7. The number of nitrogens with one attached hydrogen (secondary N) is 1. The second kappa shape index (κ2) is 7.82. The highest BCUT2D eigenvalue weighted by molar-refractivity contribution is 7.89. The van der Waals surface area contributed by atoms with Gasteiger partial charge in [0.25, 0.3) is 0 Å². The van der Waals surface area contributed by atoms with Gasteiger partial charge in [0.05, 0.1) is 11.3 Å². The Bertz CT molecular complexity index is 1170. The highest BCUT2D eigenvalue weighted by atomic mass is 35.5. The van der Waals surface area contributed by atoms with Crippen LogP contribution in [-0.4, -0.2) is 30.1 Å². The molecule has 0 bridgehead atoms. The van der Waals surface area contributed by atoms with Gasteiger partial charge in [-0.15, -0.1) is 0 Å². The van der Waals surface area contributed by atoms with E-state index in [2.05, 4.69) is 9.29 Å². The fourth-order valence-electron chi connectivity index (χ4n) is 4.07. The molecule has 0 saturated carbocycles. The number of halogens is 1. The summed E-state index contributed by atoms with van der Waals surface area (Å²) in [5.41, 5.74) is 3.20. The lowest BCUT2D eigenvalue weighted by molar-refractivity contribution is -0.137. The van der Waals surface area contributed by atoms with E-state index in [1.54, 1.807) is 12.1 Å². The lowest BCUT2D eigenvalue weighted by Crippen LogP contribution is -2.39. The minimum Gasteiger partial charge on any atom is -0.481 e. The predicted octanol–water partition coefficient (Wildman–Crippen LogP) is 3.61. The van der Waals surface area contributed by atoms with E-state index in [0.717, 1.165) is 22.2 Å². The average molecular weight is 433 g/mol. The van der Waals surface area contributed by atoms with E-state index in [-0.39, 0.29) is 17.4 Å². The van der Waals surface area contributed by atoms with Crippen molar-refractivity contribution in [1.82, 2.24) is 9.29 Å². The number of benzene rings is 2. The van der Waals surface area contributed by atoms with Gasteiger partial charge in [0, 0.05) is 34.2 Å². The van der Waals surface area contributed by atoms with E-state index >= 15 is 0 Å². The van der Waals surface area contributed by atoms with Gasteiger partial charge in [-0.2, -0.15) is 0 Å². The molecule has 29 heavy (non-hydrogen) atoms. The molecule has 0 amide bonds.